The van der Waals surface area contributed by atoms with E-state index in [1.807, 2.05) is 47.8 Å². The minimum atomic E-state index is -0.122. The topological polar surface area (TPSA) is 77.0 Å². The molecule has 0 bridgehead atoms. The number of carbonyl (C=O) groups excluding carboxylic acids is 1. The van der Waals surface area contributed by atoms with Gasteiger partial charge in [-0.05, 0) is 42.5 Å². The van der Waals surface area contributed by atoms with Gasteiger partial charge in [0.1, 0.15) is 0 Å². The van der Waals surface area contributed by atoms with Gasteiger partial charge in [-0.25, -0.2) is 9.67 Å². The van der Waals surface area contributed by atoms with E-state index in [-0.39, 0.29) is 11.7 Å². The van der Waals surface area contributed by atoms with E-state index in [4.69, 9.17) is 5.73 Å². The number of thiophene rings is 1. The van der Waals surface area contributed by atoms with Crippen LogP contribution in [0.2, 0.25) is 0 Å². The van der Waals surface area contributed by atoms with Gasteiger partial charge in [0.05, 0.1) is 10.6 Å². The molecule has 1 atom stereocenters. The zero-order valence-corrected chi connectivity index (χ0v) is 14.5. The number of hydrogen-bond donors (Lipinski definition) is 1. The summed E-state index contributed by atoms with van der Waals surface area (Å²) in [5, 5.41) is 6.51. The number of nitrogens with zero attached hydrogens (tertiary/aromatic N) is 4. The molecule has 1 unspecified atom stereocenters. The lowest BCUT2D eigenvalue weighted by Gasteiger charge is -2.13. The molecule has 0 aliphatic carbocycles. The predicted molar refractivity (Wildman–Crippen MR) is 97.7 cm³/mol. The van der Waals surface area contributed by atoms with Gasteiger partial charge in [0, 0.05) is 13.1 Å². The van der Waals surface area contributed by atoms with Crippen molar-refractivity contribution in [2.75, 3.05) is 19.6 Å². The molecule has 3 heterocycles. The van der Waals surface area contributed by atoms with Crippen LogP contribution in [0.25, 0.3) is 16.4 Å². The Kier molecular flexibility index (Phi) is 4.33. The van der Waals surface area contributed by atoms with Crippen LogP contribution < -0.4 is 5.73 Å². The highest BCUT2D eigenvalue weighted by Crippen LogP contribution is 2.26. The van der Waals surface area contributed by atoms with Gasteiger partial charge in [-0.2, -0.15) is 0 Å². The van der Waals surface area contributed by atoms with Crippen LogP contribution in [-0.4, -0.2) is 45.2 Å². The average Bonchev–Trinajstić information content (AvgIpc) is 3.41. The first-order valence-corrected chi connectivity index (χ1v) is 9.20. The molecule has 2 N–H and O–H groups in total. The Morgan fingerprint density at radius 1 is 1.24 bits per heavy atom. The fraction of sp³-hybridized carbons (Fsp3) is 0.278. The van der Waals surface area contributed by atoms with E-state index in [1.54, 1.807) is 20.9 Å². The first kappa shape index (κ1) is 16.0. The molecular weight excluding hydrogens is 334 g/mol. The summed E-state index contributed by atoms with van der Waals surface area (Å²) in [7, 11) is 0. The van der Waals surface area contributed by atoms with Crippen LogP contribution in [0.3, 0.4) is 0 Å². The third-order valence-electron chi connectivity index (χ3n) is 4.45. The lowest BCUT2D eigenvalue weighted by atomic mass is 10.1. The number of carbonyl (C=O) groups is 1. The van der Waals surface area contributed by atoms with Crippen LogP contribution in [-0.2, 0) is 0 Å². The average molecular weight is 353 g/mol. The second-order valence-electron chi connectivity index (χ2n) is 6.13. The van der Waals surface area contributed by atoms with Crippen molar-refractivity contribution in [2.24, 2.45) is 11.7 Å². The smallest absolute Gasteiger partial charge is 0.293 e. The van der Waals surface area contributed by atoms with E-state index in [1.165, 1.54) is 0 Å². The van der Waals surface area contributed by atoms with Crippen molar-refractivity contribution in [1.29, 1.82) is 0 Å². The number of rotatable bonds is 4. The number of likely N-dealkylation sites (tertiary alicyclic amines) is 1. The molecule has 3 aromatic rings. The Balaban J connectivity index is 1.71. The normalized spacial score (nSPS) is 17.2. The van der Waals surface area contributed by atoms with Crippen molar-refractivity contribution < 1.29 is 4.79 Å². The van der Waals surface area contributed by atoms with E-state index in [2.05, 4.69) is 10.1 Å². The fourth-order valence-electron chi connectivity index (χ4n) is 3.07. The number of aromatic nitrogens is 3. The third kappa shape index (κ3) is 3.08. The lowest BCUT2D eigenvalue weighted by Crippen LogP contribution is -2.30. The number of nitrogens with two attached hydrogens (primary N) is 1. The number of amides is 1. The molecule has 4 rings (SSSR count). The molecule has 1 aromatic carbocycles. The number of hydrogen-bond acceptors (Lipinski definition) is 5. The van der Waals surface area contributed by atoms with Crippen LogP contribution >= 0.6 is 11.3 Å². The van der Waals surface area contributed by atoms with Crippen molar-refractivity contribution >= 4 is 17.2 Å². The van der Waals surface area contributed by atoms with Crippen molar-refractivity contribution in [3.05, 3.63) is 53.7 Å². The zero-order chi connectivity index (χ0) is 17.2. The molecule has 128 valence electrons. The van der Waals surface area contributed by atoms with Crippen molar-refractivity contribution in [3.8, 4) is 16.4 Å². The van der Waals surface area contributed by atoms with Gasteiger partial charge >= 0.3 is 0 Å². The first-order chi connectivity index (χ1) is 12.3. The Morgan fingerprint density at radius 3 is 2.76 bits per heavy atom. The molecular formula is C18H19N5OS. The molecule has 1 fully saturated rings. The van der Waals surface area contributed by atoms with Gasteiger partial charge in [0.2, 0.25) is 5.82 Å². The Labute approximate surface area is 149 Å². The van der Waals surface area contributed by atoms with Gasteiger partial charge in [0.15, 0.2) is 5.82 Å². The SMILES string of the molecule is NCC1CCN(C(=O)c2nc(-c3cccs3)n(-c3ccccc3)n2)C1. The summed E-state index contributed by atoms with van der Waals surface area (Å²) in [6.45, 7) is 2.01. The number of para-hydroxylation sites is 1. The molecule has 0 saturated carbocycles. The zero-order valence-electron chi connectivity index (χ0n) is 13.7. The van der Waals surface area contributed by atoms with E-state index >= 15 is 0 Å². The quantitative estimate of drug-likeness (QED) is 0.781. The van der Waals surface area contributed by atoms with Crippen molar-refractivity contribution in [3.63, 3.8) is 0 Å². The largest absolute Gasteiger partial charge is 0.336 e. The van der Waals surface area contributed by atoms with Gasteiger partial charge in [0.25, 0.3) is 5.91 Å². The van der Waals surface area contributed by atoms with Gasteiger partial charge in [-0.1, -0.05) is 24.3 Å². The van der Waals surface area contributed by atoms with Crippen molar-refractivity contribution in [1.82, 2.24) is 19.7 Å². The monoisotopic (exact) mass is 353 g/mol. The fourth-order valence-corrected chi connectivity index (χ4v) is 3.77. The highest BCUT2D eigenvalue weighted by atomic mass is 32.1. The minimum Gasteiger partial charge on any atom is -0.336 e. The van der Waals surface area contributed by atoms with E-state index < -0.39 is 0 Å². The van der Waals surface area contributed by atoms with Gasteiger partial charge in [-0.15, -0.1) is 16.4 Å². The molecule has 2 aromatic heterocycles. The summed E-state index contributed by atoms with van der Waals surface area (Å²) in [4.78, 5) is 20.2. The highest BCUT2D eigenvalue weighted by molar-refractivity contribution is 7.13. The molecule has 7 heteroatoms. The number of benzene rings is 1. The van der Waals surface area contributed by atoms with Crippen LogP contribution in [0.15, 0.2) is 47.8 Å². The first-order valence-electron chi connectivity index (χ1n) is 8.32. The van der Waals surface area contributed by atoms with Gasteiger partial charge in [-0.3, -0.25) is 4.79 Å². The van der Waals surface area contributed by atoms with Crippen LogP contribution in [0.5, 0.6) is 0 Å². The summed E-state index contributed by atoms with van der Waals surface area (Å²) in [6.07, 6.45) is 0.944. The Hall–Kier alpha value is -2.51. The molecule has 6 nitrogen and oxygen atoms in total. The molecule has 1 saturated heterocycles. The molecule has 25 heavy (non-hydrogen) atoms. The summed E-state index contributed by atoms with van der Waals surface area (Å²) in [5.41, 5.74) is 6.62. The highest BCUT2D eigenvalue weighted by Gasteiger charge is 2.29. The van der Waals surface area contributed by atoms with Crippen LogP contribution in [0, 0.1) is 5.92 Å². The molecule has 0 radical (unpaired) electrons. The maximum absolute atomic E-state index is 12.8. The summed E-state index contributed by atoms with van der Waals surface area (Å²) < 4.78 is 1.75. The van der Waals surface area contributed by atoms with Crippen LogP contribution in [0.4, 0.5) is 0 Å². The van der Waals surface area contributed by atoms with E-state index in [9.17, 15) is 4.79 Å². The van der Waals surface area contributed by atoms with Crippen LogP contribution in [0.1, 0.15) is 17.0 Å². The Bertz CT molecular complexity index is 859. The van der Waals surface area contributed by atoms with E-state index in [0.717, 1.165) is 23.5 Å². The molecule has 1 aliphatic rings. The summed E-state index contributed by atoms with van der Waals surface area (Å²) in [6, 6.07) is 13.7. The molecule has 0 spiro atoms. The van der Waals surface area contributed by atoms with Crippen molar-refractivity contribution in [2.45, 2.75) is 6.42 Å². The molecule has 1 amide bonds. The minimum absolute atomic E-state index is 0.122. The maximum atomic E-state index is 12.8. The maximum Gasteiger partial charge on any atom is 0.293 e. The van der Waals surface area contributed by atoms with Gasteiger partial charge < -0.3 is 10.6 Å². The Morgan fingerprint density at radius 2 is 2.08 bits per heavy atom. The summed E-state index contributed by atoms with van der Waals surface area (Å²) >= 11 is 1.58. The summed E-state index contributed by atoms with van der Waals surface area (Å²) in [5.74, 6) is 1.18. The molecule has 1 aliphatic heterocycles. The second-order valence-corrected chi connectivity index (χ2v) is 7.07. The lowest BCUT2D eigenvalue weighted by molar-refractivity contribution is 0.0775. The third-order valence-corrected chi connectivity index (χ3v) is 5.31. The second kappa shape index (κ2) is 6.78. The standard InChI is InChI=1S/C18H19N5OS/c19-11-13-8-9-22(12-13)18(24)16-20-17(15-7-4-10-25-15)23(21-16)14-5-2-1-3-6-14/h1-7,10,13H,8-9,11-12,19H2. The van der Waals surface area contributed by atoms with E-state index in [0.29, 0.717) is 24.8 Å². The predicted octanol–water partition coefficient (Wildman–Crippen LogP) is 2.42.